The second-order valence-corrected chi connectivity index (χ2v) is 9.75. The first-order valence-corrected chi connectivity index (χ1v) is 12.2. The number of carbonyl (C=O) groups excluding carboxylic acids is 1. The Hall–Kier alpha value is -2.41. The van der Waals surface area contributed by atoms with Crippen LogP contribution < -0.4 is 4.31 Å². The molecule has 5 nitrogen and oxygen atoms in total. The number of likely N-dealkylation sites (tertiary alicyclic amines) is 1. The normalized spacial score (nSPS) is 16.3. The van der Waals surface area contributed by atoms with Crippen LogP contribution in [0.15, 0.2) is 54.6 Å². The molecule has 2 aromatic carbocycles. The van der Waals surface area contributed by atoms with Crippen LogP contribution in [0.25, 0.3) is 0 Å². The number of amides is 1. The number of anilines is 1. The van der Waals surface area contributed by atoms with Crippen molar-refractivity contribution >= 4 is 21.6 Å². The highest BCUT2D eigenvalue weighted by molar-refractivity contribution is 7.92. The van der Waals surface area contributed by atoms with E-state index in [-0.39, 0.29) is 18.0 Å². The van der Waals surface area contributed by atoms with Crippen molar-refractivity contribution in [2.45, 2.75) is 38.6 Å². The summed E-state index contributed by atoms with van der Waals surface area (Å²) < 4.78 is 40.4. The van der Waals surface area contributed by atoms with Gasteiger partial charge in [0.15, 0.2) is 0 Å². The molecule has 1 fully saturated rings. The van der Waals surface area contributed by atoms with Gasteiger partial charge in [0.05, 0.1) is 11.9 Å². The summed E-state index contributed by atoms with van der Waals surface area (Å²) in [5.74, 6) is -0.422. The van der Waals surface area contributed by atoms with E-state index in [1.807, 2.05) is 18.2 Å². The van der Waals surface area contributed by atoms with Gasteiger partial charge in [-0.2, -0.15) is 0 Å². The Bertz CT molecular complexity index is 957. The molecule has 0 saturated carbocycles. The third-order valence-electron chi connectivity index (χ3n) is 5.70. The molecule has 3 rings (SSSR count). The van der Waals surface area contributed by atoms with Gasteiger partial charge in [-0.3, -0.25) is 9.10 Å². The van der Waals surface area contributed by atoms with Crippen LogP contribution >= 0.6 is 0 Å². The van der Waals surface area contributed by atoms with Gasteiger partial charge in [-0.05, 0) is 49.3 Å². The van der Waals surface area contributed by atoms with E-state index in [4.69, 9.17) is 0 Å². The molecule has 1 aliphatic rings. The molecule has 0 bridgehead atoms. The molecule has 1 aliphatic heterocycles. The first-order valence-electron chi connectivity index (χ1n) is 10.4. The van der Waals surface area contributed by atoms with E-state index in [1.54, 1.807) is 17.9 Å². The first kappa shape index (κ1) is 22.3. The van der Waals surface area contributed by atoms with E-state index >= 15 is 0 Å². The van der Waals surface area contributed by atoms with E-state index < -0.39 is 21.9 Å². The van der Waals surface area contributed by atoms with Gasteiger partial charge in [0.1, 0.15) is 11.9 Å². The minimum atomic E-state index is -3.84. The van der Waals surface area contributed by atoms with Crippen LogP contribution in [0.2, 0.25) is 0 Å². The van der Waals surface area contributed by atoms with Crippen molar-refractivity contribution in [2.24, 2.45) is 5.92 Å². The van der Waals surface area contributed by atoms with Crippen LogP contribution in [-0.4, -0.2) is 44.6 Å². The highest BCUT2D eigenvalue weighted by atomic mass is 32.2. The second-order valence-electron chi connectivity index (χ2n) is 7.89. The maximum atomic E-state index is 14.4. The quantitative estimate of drug-likeness (QED) is 0.668. The van der Waals surface area contributed by atoms with Crippen LogP contribution in [0, 0.1) is 11.7 Å². The molecule has 162 valence electrons. The Balaban J connectivity index is 1.73. The van der Waals surface area contributed by atoms with E-state index in [9.17, 15) is 17.6 Å². The summed E-state index contributed by atoms with van der Waals surface area (Å²) in [7, 11) is -3.84. The average molecular weight is 433 g/mol. The van der Waals surface area contributed by atoms with E-state index in [1.165, 1.54) is 23.8 Å². The predicted molar refractivity (Wildman–Crippen MR) is 117 cm³/mol. The Kier molecular flexibility index (Phi) is 7.13. The largest absolute Gasteiger partial charge is 0.341 e. The lowest BCUT2D eigenvalue weighted by Crippen LogP contribution is -2.52. The Labute approximate surface area is 178 Å². The number of hydrogen-bond donors (Lipinski definition) is 0. The lowest BCUT2D eigenvalue weighted by atomic mass is 9.90. The Morgan fingerprint density at radius 1 is 1.10 bits per heavy atom. The van der Waals surface area contributed by atoms with Crippen molar-refractivity contribution in [3.05, 3.63) is 66.0 Å². The monoisotopic (exact) mass is 432 g/mol. The summed E-state index contributed by atoms with van der Waals surface area (Å²) in [6.07, 6.45) is 4.00. The number of sulfonamides is 1. The second kappa shape index (κ2) is 9.60. The summed E-state index contributed by atoms with van der Waals surface area (Å²) in [5, 5.41) is 0. The zero-order valence-corrected chi connectivity index (χ0v) is 18.3. The summed E-state index contributed by atoms with van der Waals surface area (Å²) in [5.41, 5.74) is 1.20. The molecule has 1 atom stereocenters. The molecule has 0 aliphatic carbocycles. The van der Waals surface area contributed by atoms with Crippen molar-refractivity contribution < 1.29 is 17.6 Å². The zero-order valence-electron chi connectivity index (χ0n) is 17.5. The van der Waals surface area contributed by atoms with Crippen molar-refractivity contribution in [1.82, 2.24) is 4.90 Å². The van der Waals surface area contributed by atoms with Crippen LogP contribution in [0.3, 0.4) is 0 Å². The number of halogens is 1. The van der Waals surface area contributed by atoms with E-state index in [2.05, 4.69) is 12.1 Å². The molecule has 0 unspecified atom stereocenters. The summed E-state index contributed by atoms with van der Waals surface area (Å²) in [4.78, 5) is 15.0. The van der Waals surface area contributed by atoms with Gasteiger partial charge < -0.3 is 4.90 Å². The highest BCUT2D eigenvalue weighted by Gasteiger charge is 2.36. The molecule has 30 heavy (non-hydrogen) atoms. The molecule has 0 spiro atoms. The number of hydrogen-bond acceptors (Lipinski definition) is 3. The lowest BCUT2D eigenvalue weighted by molar-refractivity contribution is -0.133. The third-order valence-corrected chi connectivity index (χ3v) is 6.86. The fourth-order valence-corrected chi connectivity index (χ4v) is 5.37. The van der Waals surface area contributed by atoms with Crippen molar-refractivity contribution in [2.75, 3.05) is 23.7 Å². The van der Waals surface area contributed by atoms with Crippen LogP contribution in [0.4, 0.5) is 10.1 Å². The molecule has 1 saturated heterocycles. The maximum absolute atomic E-state index is 14.4. The van der Waals surface area contributed by atoms with E-state index in [0.717, 1.165) is 29.8 Å². The first-order chi connectivity index (χ1) is 14.3. The smallest absolute Gasteiger partial charge is 0.246 e. The third kappa shape index (κ3) is 5.19. The average Bonchev–Trinajstić information content (AvgIpc) is 2.73. The van der Waals surface area contributed by atoms with Gasteiger partial charge in [-0.1, -0.05) is 49.4 Å². The van der Waals surface area contributed by atoms with Gasteiger partial charge in [0.25, 0.3) is 0 Å². The molecular weight excluding hydrogens is 403 g/mol. The van der Waals surface area contributed by atoms with Gasteiger partial charge in [-0.15, -0.1) is 0 Å². The van der Waals surface area contributed by atoms with Crippen LogP contribution in [0.5, 0.6) is 0 Å². The molecule has 7 heteroatoms. The molecular formula is C23H29FN2O3S. The summed E-state index contributed by atoms with van der Waals surface area (Å²) >= 11 is 0. The molecule has 2 aromatic rings. The SMILES string of the molecule is CC[C@H](C(=O)N1CCC(Cc2ccccc2)CC1)N(c1ccccc1F)S(C)(=O)=O. The molecule has 0 radical (unpaired) electrons. The minimum Gasteiger partial charge on any atom is -0.341 e. The summed E-state index contributed by atoms with van der Waals surface area (Å²) in [6.45, 7) is 2.92. The van der Waals surface area contributed by atoms with Crippen molar-refractivity contribution in [1.29, 1.82) is 0 Å². The fourth-order valence-electron chi connectivity index (χ4n) is 4.16. The Morgan fingerprint density at radius 2 is 1.70 bits per heavy atom. The molecule has 0 N–H and O–H groups in total. The van der Waals surface area contributed by atoms with Crippen molar-refractivity contribution in [3.63, 3.8) is 0 Å². The molecule has 1 heterocycles. The number of nitrogens with zero attached hydrogens (tertiary/aromatic N) is 2. The number of para-hydroxylation sites is 1. The molecule has 1 amide bonds. The van der Waals surface area contributed by atoms with Crippen LogP contribution in [0.1, 0.15) is 31.7 Å². The zero-order chi connectivity index (χ0) is 21.7. The molecule has 0 aromatic heterocycles. The topological polar surface area (TPSA) is 57.7 Å². The minimum absolute atomic E-state index is 0.0841. The van der Waals surface area contributed by atoms with Gasteiger partial charge >= 0.3 is 0 Å². The maximum Gasteiger partial charge on any atom is 0.246 e. The van der Waals surface area contributed by atoms with E-state index in [0.29, 0.717) is 19.0 Å². The number of rotatable bonds is 7. The standard InChI is InChI=1S/C23H29FN2O3S/c1-3-21(26(30(2,28)29)22-12-8-7-11-20(22)24)23(27)25-15-13-19(14-16-25)17-18-9-5-4-6-10-18/h4-12,19,21H,3,13-17H2,1-2H3/t21-/m1/s1. The summed E-state index contributed by atoms with van der Waals surface area (Å²) in [6, 6.07) is 15.0. The van der Waals surface area contributed by atoms with Gasteiger partial charge in [-0.25, -0.2) is 12.8 Å². The lowest BCUT2D eigenvalue weighted by Gasteiger charge is -2.37. The van der Waals surface area contributed by atoms with Gasteiger partial charge in [0.2, 0.25) is 15.9 Å². The van der Waals surface area contributed by atoms with Gasteiger partial charge in [0, 0.05) is 13.1 Å². The fraction of sp³-hybridized carbons (Fsp3) is 0.435. The highest BCUT2D eigenvalue weighted by Crippen LogP contribution is 2.28. The number of piperidine rings is 1. The van der Waals surface area contributed by atoms with Crippen molar-refractivity contribution in [3.8, 4) is 0 Å². The number of carbonyl (C=O) groups is 1. The Morgan fingerprint density at radius 3 is 2.27 bits per heavy atom. The predicted octanol–water partition coefficient (Wildman–Crippen LogP) is 3.85. The van der Waals surface area contributed by atoms with Crippen LogP contribution in [-0.2, 0) is 21.2 Å². The number of benzene rings is 2.